The van der Waals surface area contributed by atoms with E-state index in [1.807, 2.05) is 84.2 Å². The van der Waals surface area contributed by atoms with Gasteiger partial charge in [-0.25, -0.2) is 4.98 Å². The summed E-state index contributed by atoms with van der Waals surface area (Å²) in [4.78, 5) is 30.9. The Morgan fingerprint density at radius 3 is 2.27 bits per heavy atom. The molecule has 9 heteroatoms. The molecule has 0 spiro atoms. The van der Waals surface area contributed by atoms with Crippen LogP contribution < -0.4 is 16.0 Å². The molecule has 222 valence electrons. The van der Waals surface area contributed by atoms with Crippen molar-refractivity contribution in [1.29, 1.82) is 0 Å². The van der Waals surface area contributed by atoms with Gasteiger partial charge in [-0.1, -0.05) is 72.8 Å². The molecule has 45 heavy (non-hydrogen) atoms. The van der Waals surface area contributed by atoms with Gasteiger partial charge < -0.3 is 16.0 Å². The van der Waals surface area contributed by atoms with Crippen LogP contribution in [0.25, 0.3) is 22.0 Å². The summed E-state index contributed by atoms with van der Waals surface area (Å²) >= 11 is 8.38. The van der Waals surface area contributed by atoms with E-state index in [-0.39, 0.29) is 11.7 Å². The summed E-state index contributed by atoms with van der Waals surface area (Å²) in [5.41, 5.74) is 4.91. The van der Waals surface area contributed by atoms with Gasteiger partial charge in [0.25, 0.3) is 0 Å². The van der Waals surface area contributed by atoms with Crippen molar-refractivity contribution >= 4 is 79.4 Å². The number of benzene rings is 5. The molecule has 0 saturated heterocycles. The first-order chi connectivity index (χ1) is 21.9. The van der Waals surface area contributed by atoms with Crippen molar-refractivity contribution in [2.45, 2.75) is 17.1 Å². The zero-order valence-corrected chi connectivity index (χ0v) is 26.6. The number of Topliss-reactive ketones (excluding diaryl/α,β-unsaturated/α-hetero) is 1. The molecule has 6 aromatic rings. The van der Waals surface area contributed by atoms with Crippen molar-refractivity contribution in [1.82, 2.24) is 4.98 Å². The van der Waals surface area contributed by atoms with Crippen molar-refractivity contribution in [3.63, 3.8) is 0 Å². The first-order valence-corrected chi connectivity index (χ1v) is 16.3. The maximum absolute atomic E-state index is 13.7. The van der Waals surface area contributed by atoms with Gasteiger partial charge in [0, 0.05) is 32.8 Å². The van der Waals surface area contributed by atoms with Crippen LogP contribution in [-0.4, -0.2) is 21.8 Å². The Labute approximate surface area is 274 Å². The number of rotatable bonds is 9. The quantitative estimate of drug-likeness (QED) is 0.0822. The predicted molar refractivity (Wildman–Crippen MR) is 191 cm³/mol. The van der Waals surface area contributed by atoms with Crippen LogP contribution >= 0.6 is 35.3 Å². The van der Waals surface area contributed by atoms with E-state index >= 15 is 0 Å². The van der Waals surface area contributed by atoms with Crippen LogP contribution in [0.1, 0.15) is 28.1 Å². The smallest absolute Gasteiger partial charge is 0.244 e. The number of ketones is 1. The highest BCUT2D eigenvalue weighted by atomic mass is 32.2. The number of anilines is 3. The van der Waals surface area contributed by atoms with E-state index in [1.54, 1.807) is 12.1 Å². The zero-order valence-electron chi connectivity index (χ0n) is 24.2. The highest BCUT2D eigenvalue weighted by Crippen LogP contribution is 2.38. The van der Waals surface area contributed by atoms with Crippen LogP contribution in [0.3, 0.4) is 0 Å². The van der Waals surface area contributed by atoms with Crippen molar-refractivity contribution in [2.75, 3.05) is 16.0 Å². The van der Waals surface area contributed by atoms with Crippen LogP contribution in [0.4, 0.5) is 16.5 Å². The summed E-state index contributed by atoms with van der Waals surface area (Å²) in [5, 5.41) is 14.1. The summed E-state index contributed by atoms with van der Waals surface area (Å²) in [6, 6.07) is 39.1. The third-order valence-electron chi connectivity index (χ3n) is 7.02. The lowest BCUT2D eigenvalue weighted by Crippen LogP contribution is -2.19. The molecule has 0 bridgehead atoms. The topological polar surface area (TPSA) is 83.1 Å². The second kappa shape index (κ2) is 13.9. The van der Waals surface area contributed by atoms with Gasteiger partial charge in [-0.05, 0) is 84.0 Å². The molecule has 6 rings (SSSR count). The third kappa shape index (κ3) is 7.64. The molecule has 0 aliphatic rings. The van der Waals surface area contributed by atoms with Gasteiger partial charge in [0.1, 0.15) is 5.25 Å². The van der Waals surface area contributed by atoms with Gasteiger partial charge >= 0.3 is 0 Å². The van der Waals surface area contributed by atoms with E-state index in [0.717, 1.165) is 38.5 Å². The molecule has 3 N–H and O–H groups in total. The standard InChI is InChI=1S/C36H28N4O2S3/c1-23(41)24-16-18-29(19-17-24)37-35(43)38-30-12-7-13-31(21-30)45-33(26-9-3-2-4-10-26)34(42)40-36-39-32(22-44-36)28-15-14-25-8-5-6-11-27(25)20-28/h2-22,33H,1H3,(H2,37,38,43)(H,39,40,42). The fourth-order valence-corrected chi connectivity index (χ4v) is 6.79. The predicted octanol–water partition coefficient (Wildman–Crippen LogP) is 9.45. The summed E-state index contributed by atoms with van der Waals surface area (Å²) in [6.07, 6.45) is 0. The molecule has 1 unspecified atom stereocenters. The van der Waals surface area contributed by atoms with Crippen molar-refractivity contribution in [3.05, 3.63) is 138 Å². The van der Waals surface area contributed by atoms with Gasteiger partial charge in [-0.3, -0.25) is 9.59 Å². The third-order valence-corrected chi connectivity index (χ3v) is 9.23. The van der Waals surface area contributed by atoms with E-state index in [2.05, 4.69) is 46.3 Å². The lowest BCUT2D eigenvalue weighted by atomic mass is 10.1. The summed E-state index contributed by atoms with van der Waals surface area (Å²) in [5.74, 6) is -0.147. The second-order valence-corrected chi connectivity index (χ2v) is 12.7. The largest absolute Gasteiger partial charge is 0.332 e. The molecular formula is C36H28N4O2S3. The number of carbonyl (C=O) groups excluding carboxylic acids is 2. The molecule has 5 aromatic carbocycles. The Balaban J connectivity index is 1.15. The first-order valence-electron chi connectivity index (χ1n) is 14.2. The number of thiazole rings is 1. The highest BCUT2D eigenvalue weighted by molar-refractivity contribution is 8.00. The average molecular weight is 645 g/mol. The molecule has 1 amide bonds. The van der Waals surface area contributed by atoms with Crippen molar-refractivity contribution in [3.8, 4) is 11.3 Å². The molecule has 0 aliphatic heterocycles. The Kier molecular flexibility index (Phi) is 9.30. The highest BCUT2D eigenvalue weighted by Gasteiger charge is 2.23. The molecule has 1 heterocycles. The number of hydrogen-bond donors (Lipinski definition) is 3. The maximum Gasteiger partial charge on any atom is 0.244 e. The minimum Gasteiger partial charge on any atom is -0.332 e. The summed E-state index contributed by atoms with van der Waals surface area (Å²) in [6.45, 7) is 1.54. The molecule has 0 saturated carbocycles. The Hall–Kier alpha value is -4.83. The Bertz CT molecular complexity index is 1990. The van der Waals surface area contributed by atoms with Gasteiger partial charge in [0.2, 0.25) is 5.91 Å². The number of fused-ring (bicyclic) bond motifs is 1. The van der Waals surface area contributed by atoms with E-state index < -0.39 is 5.25 Å². The average Bonchev–Trinajstić information content (AvgIpc) is 3.52. The first kappa shape index (κ1) is 30.2. The van der Waals surface area contributed by atoms with E-state index in [4.69, 9.17) is 17.2 Å². The normalized spacial score (nSPS) is 11.5. The second-order valence-electron chi connectivity index (χ2n) is 10.2. The number of thiocarbonyl (C=S) groups is 1. The number of amides is 1. The summed E-state index contributed by atoms with van der Waals surface area (Å²) in [7, 11) is 0. The molecule has 0 aliphatic carbocycles. The fourth-order valence-electron chi connectivity index (χ4n) is 4.75. The molecular weight excluding hydrogens is 617 g/mol. The molecule has 1 aromatic heterocycles. The zero-order chi connectivity index (χ0) is 31.2. The number of aromatic nitrogens is 1. The Morgan fingerprint density at radius 1 is 0.756 bits per heavy atom. The lowest BCUT2D eigenvalue weighted by Gasteiger charge is -2.17. The SMILES string of the molecule is CC(=O)c1ccc(NC(=S)Nc2cccc(SC(C(=O)Nc3nc(-c4ccc5ccccc5c4)cs3)c3ccccc3)c2)cc1. The molecule has 1 atom stereocenters. The number of nitrogens with zero attached hydrogens (tertiary/aromatic N) is 1. The van der Waals surface area contributed by atoms with Crippen LogP contribution in [0.5, 0.6) is 0 Å². The molecule has 0 fully saturated rings. The van der Waals surface area contributed by atoms with Crippen molar-refractivity contribution in [2.24, 2.45) is 0 Å². The minimum absolute atomic E-state index is 0.0106. The number of hydrogen-bond acceptors (Lipinski definition) is 6. The van der Waals surface area contributed by atoms with E-state index in [9.17, 15) is 9.59 Å². The van der Waals surface area contributed by atoms with E-state index in [0.29, 0.717) is 15.8 Å². The van der Waals surface area contributed by atoms with Crippen LogP contribution in [0.2, 0.25) is 0 Å². The summed E-state index contributed by atoms with van der Waals surface area (Å²) < 4.78 is 0. The lowest BCUT2D eigenvalue weighted by molar-refractivity contribution is -0.115. The van der Waals surface area contributed by atoms with Gasteiger partial charge in [0.05, 0.1) is 5.69 Å². The van der Waals surface area contributed by atoms with Crippen LogP contribution in [-0.2, 0) is 4.79 Å². The number of nitrogens with one attached hydrogen (secondary N) is 3. The van der Waals surface area contributed by atoms with Gasteiger partial charge in [0.15, 0.2) is 16.0 Å². The fraction of sp³-hybridized carbons (Fsp3) is 0.0556. The van der Waals surface area contributed by atoms with Crippen LogP contribution in [0, 0.1) is 0 Å². The molecule has 6 nitrogen and oxygen atoms in total. The number of thioether (sulfide) groups is 1. The maximum atomic E-state index is 13.7. The Morgan fingerprint density at radius 2 is 1.49 bits per heavy atom. The van der Waals surface area contributed by atoms with Crippen molar-refractivity contribution < 1.29 is 9.59 Å². The van der Waals surface area contributed by atoms with Crippen LogP contribution in [0.15, 0.2) is 132 Å². The molecule has 0 radical (unpaired) electrons. The number of carbonyl (C=O) groups is 2. The minimum atomic E-state index is -0.515. The monoisotopic (exact) mass is 644 g/mol. The van der Waals surface area contributed by atoms with E-state index in [1.165, 1.54) is 35.4 Å². The van der Waals surface area contributed by atoms with Gasteiger partial charge in [-0.15, -0.1) is 23.1 Å². The van der Waals surface area contributed by atoms with Gasteiger partial charge in [-0.2, -0.15) is 0 Å².